The molecule has 364 valence electrons. The number of nitrogens with one attached hydrogen (secondary N) is 1. The van der Waals surface area contributed by atoms with Crippen molar-refractivity contribution in [3.8, 4) is 0 Å². The van der Waals surface area contributed by atoms with E-state index in [0.29, 0.717) is 35.9 Å². The van der Waals surface area contributed by atoms with Crippen LogP contribution in [-0.2, 0) is 40.6 Å². The summed E-state index contributed by atoms with van der Waals surface area (Å²) in [5.41, 5.74) is 4.50. The first-order valence-electron chi connectivity index (χ1n) is 18.3. The summed E-state index contributed by atoms with van der Waals surface area (Å²) >= 11 is 6.35. The van der Waals surface area contributed by atoms with Gasteiger partial charge in [-0.3, -0.25) is 19.2 Å². The Hall–Kier alpha value is 4.94. The Balaban J connectivity index is -0.000000135. The van der Waals surface area contributed by atoms with Gasteiger partial charge in [0.15, 0.2) is 18.8 Å². The van der Waals surface area contributed by atoms with E-state index in [4.69, 9.17) is 10.3 Å². The summed E-state index contributed by atoms with van der Waals surface area (Å²) in [5, 5.41) is 4.99. The Kier molecular flexibility index (Phi) is 79.9. The molecular formula is C29H58I4N5O6P4S13-3. The second-order valence-electron chi connectivity index (χ2n) is 8.34. The molecule has 1 aliphatic rings. The Morgan fingerprint density at radius 1 is 1.00 bits per heavy atom. The zero-order chi connectivity index (χ0) is 53.1. The number of imide groups is 1. The molecule has 0 saturated carbocycles. The number of rotatable bonds is 19. The van der Waals surface area contributed by atoms with Crippen LogP contribution in [0.3, 0.4) is 0 Å². The topological polar surface area (TPSA) is 162 Å². The number of amides is 3. The van der Waals surface area contributed by atoms with Crippen LogP contribution in [0.4, 0.5) is 0 Å². The van der Waals surface area contributed by atoms with E-state index in [1.807, 2.05) is 49.6 Å². The van der Waals surface area contributed by atoms with Crippen LogP contribution in [0.5, 0.6) is 0 Å². The molecule has 61 heavy (non-hydrogen) atoms. The molecule has 11 nitrogen and oxygen atoms in total. The van der Waals surface area contributed by atoms with Crippen LogP contribution < -0.4 is 92.5 Å². The van der Waals surface area contributed by atoms with Crippen molar-refractivity contribution < 1.29 is 110 Å². The molecule has 1 fully saturated rings. The normalized spacial score (nSPS) is 12.3. The van der Waals surface area contributed by atoms with Crippen LogP contribution in [0.1, 0.15) is 45.4 Å². The zero-order valence-electron chi connectivity index (χ0n) is 39.4. The number of aromatic nitrogens is 2. The largest absolute Gasteiger partial charge is 0.355 e. The number of carbonyl (C=O) groups is 5. The zero-order valence-corrected chi connectivity index (χ0v) is 57.0. The first kappa shape index (κ1) is 65.9. The fourth-order valence-electron chi connectivity index (χ4n) is 2.62. The van der Waals surface area contributed by atoms with E-state index < -0.39 is 95.2 Å². The summed E-state index contributed by atoms with van der Waals surface area (Å²) in [7, 11) is 30.2. The molecule has 0 radical (unpaired) electrons. The number of pyridine rings is 2. The smallest absolute Gasteiger partial charge is 0.0974 e. The first-order chi connectivity index (χ1) is 32.0. The van der Waals surface area contributed by atoms with Crippen LogP contribution in [-0.4, -0.2) is 93.8 Å². The molecule has 32 heteroatoms. The fourth-order valence-corrected chi connectivity index (χ4v) is 16.4. The van der Waals surface area contributed by atoms with Crippen LogP contribution >= 0.6 is 157 Å². The van der Waals surface area contributed by atoms with Gasteiger partial charge in [-0.15, -0.1) is 5.06 Å². The number of halogens is 4. The van der Waals surface area contributed by atoms with Crippen molar-refractivity contribution in [2.75, 3.05) is 43.9 Å². The fraction of sp³-hybridized carbons (Fsp3) is 0.483. The predicted molar refractivity (Wildman–Crippen MR) is 298 cm³/mol. The van der Waals surface area contributed by atoms with Crippen LogP contribution in [0.2, 0.25) is 0 Å². The molecule has 2 aromatic heterocycles. The van der Waals surface area contributed by atoms with Gasteiger partial charge in [0, 0.05) is 68.8 Å². The Morgan fingerprint density at radius 2 is 1.44 bits per heavy atom. The molecule has 3 N–H and O–H groups in total. The molecule has 3 rings (SSSR count). The molecule has 4 atom stereocenters. The predicted octanol–water partition coefficient (Wildman–Crippen LogP) is -2.52. The Bertz CT molecular complexity index is 1420. The SMILES string of the molecule is CCC(=O)CCSSc1ccccn1.CN.CNC(=O)CCSSC.CS.O=C(CCSSc1ccccn1)ON1C(=O)CCC1=O.[2H]S[I-]SP([2H])P.[2H][I-]S.[2H][I-]S.[2H][I-]S.[2H][P+](P)=S. The van der Waals surface area contributed by atoms with Crippen LogP contribution in [0.15, 0.2) is 58.8 Å². The maximum Gasteiger partial charge on any atom is 0.355 e. The number of Topliss-reactive ketones (excluding diaryl/α,β-unsaturated/α-hetero) is 1. The molecule has 1 saturated heterocycles. The second-order valence-corrected chi connectivity index (χ2v) is 29.2. The first-order valence-corrected chi connectivity index (χ1v) is 46.8. The van der Waals surface area contributed by atoms with Crippen molar-refractivity contribution in [1.82, 2.24) is 20.3 Å². The summed E-state index contributed by atoms with van der Waals surface area (Å²) in [6, 6.07) is 11.4. The van der Waals surface area contributed by atoms with Gasteiger partial charge in [-0.2, -0.15) is 12.6 Å². The molecule has 3 heterocycles. The van der Waals surface area contributed by atoms with Crippen LogP contribution in [0, 0.1) is 0 Å². The average molecular weight is 1630 g/mol. The van der Waals surface area contributed by atoms with Gasteiger partial charge < -0.3 is 15.9 Å². The van der Waals surface area contributed by atoms with Gasteiger partial charge in [-0.05, 0) is 65.4 Å². The molecule has 0 aliphatic carbocycles. The van der Waals surface area contributed by atoms with E-state index >= 15 is 0 Å². The quantitative estimate of drug-likeness (QED) is 0.0197. The minimum atomic E-state index is -0.870. The van der Waals surface area contributed by atoms with E-state index in [1.165, 1.54) is 28.6 Å². The van der Waals surface area contributed by atoms with E-state index in [-0.39, 0.29) is 43.6 Å². The number of thiol groups is 5. The molecule has 2 aromatic rings. The third kappa shape index (κ3) is 64.9. The van der Waals surface area contributed by atoms with E-state index in [0.717, 1.165) is 31.3 Å². The molecule has 1 aliphatic heterocycles. The number of carbonyl (C=O) groups excluding carboxylic acids is 5. The van der Waals surface area contributed by atoms with Crippen molar-refractivity contribution in [2.45, 2.75) is 55.5 Å². The summed E-state index contributed by atoms with van der Waals surface area (Å²) in [6.45, 7) is 1.03. The maximum absolute atomic E-state index is 11.5. The molecular weight excluding hydrogens is 1560 g/mol. The average Bonchev–Trinajstić information content (AvgIpc) is 3.64. The Labute approximate surface area is 481 Å². The second kappa shape index (κ2) is 73.9. The minimum Gasteiger partial charge on any atom is 0.0974 e. The maximum atomic E-state index is 11.5. The molecule has 3 amide bonds. The molecule has 0 aromatic carbocycles. The van der Waals surface area contributed by atoms with E-state index in [9.17, 15) is 24.0 Å². The summed E-state index contributed by atoms with van der Waals surface area (Å²) < 4.78 is 38.6. The minimum absolute atomic E-state index is 0.0918. The molecule has 0 bridgehead atoms. The third-order valence-electron chi connectivity index (χ3n) is 4.89. The standard InChI is InChI=1S/C12H12N2O4S2.C10H13NOS2.C5H11NOS2.CH5N.CH4S.H4IP2S2.3H2IS.H2P2S/c15-10-4-5-11(16)14(10)18-12(17)6-8-19-20-9-3-1-2-7-13-9;1-2-9(12)6-8-13-14-10-5-3-4-7-11-10;1-6-5(7)3-4-9-8-2;2*1-2;2-3-5-1-4;3*1-2;1-2-3/h1-3,7H,4-6,8H2;3-5,7H,2,6,8H2,1H3;3-4H2,1-2H3,(H,6,7);2H2,1H3;2H,1H3;3-4H,2H2;3*1-2H;1H2/q;;;;;4*-1;/p+1/i;;;;;3D,4D;3*1D;/hD. The summed E-state index contributed by atoms with van der Waals surface area (Å²) in [4.78, 5) is 68.6. The van der Waals surface area contributed by atoms with Crippen molar-refractivity contribution in [2.24, 2.45) is 5.73 Å². The van der Waals surface area contributed by atoms with Gasteiger partial charge in [0.1, 0.15) is 15.8 Å². The number of hydrogen-bond donors (Lipinski definition) is 7. The number of nitrogens with zero attached hydrogens (tertiary/aromatic N) is 3. The summed E-state index contributed by atoms with van der Waals surface area (Å²) in [5.74, 6) is 1.24. The van der Waals surface area contributed by atoms with Gasteiger partial charge in [-0.25, -0.2) is 14.8 Å². The number of hydroxylamine groups is 2. The van der Waals surface area contributed by atoms with Crippen molar-refractivity contribution in [3.63, 3.8) is 0 Å². The number of hydrogen-bond acceptors (Lipinski definition) is 22. The third-order valence-corrected chi connectivity index (χ3v) is 23.5. The van der Waals surface area contributed by atoms with E-state index in [1.54, 1.807) is 77.4 Å². The number of ketones is 1. The summed E-state index contributed by atoms with van der Waals surface area (Å²) in [6.07, 6.45) is 9.46. The van der Waals surface area contributed by atoms with Crippen LogP contribution in [0.25, 0.3) is 0 Å². The van der Waals surface area contributed by atoms with Gasteiger partial charge in [-0.1, -0.05) is 62.2 Å². The van der Waals surface area contributed by atoms with Crippen molar-refractivity contribution in [3.05, 3.63) is 48.8 Å². The van der Waals surface area contributed by atoms with E-state index in [2.05, 4.69) is 92.7 Å². The molecule has 4 unspecified atom stereocenters. The van der Waals surface area contributed by atoms with Gasteiger partial charge in [0.25, 0.3) is 11.8 Å². The number of nitrogens with two attached hydrogens (primary N) is 1. The van der Waals surface area contributed by atoms with Gasteiger partial charge >= 0.3 is 157 Å². The van der Waals surface area contributed by atoms with Crippen molar-refractivity contribution in [1.29, 1.82) is 5.46 Å². The van der Waals surface area contributed by atoms with Gasteiger partial charge in [0.2, 0.25) is 5.91 Å². The van der Waals surface area contributed by atoms with Crippen molar-refractivity contribution >= 4 is 199 Å². The Morgan fingerprint density at radius 3 is 1.79 bits per heavy atom. The van der Waals surface area contributed by atoms with Gasteiger partial charge in [0.05, 0.1) is 15.3 Å². The monoisotopic (exact) mass is 1630 g/mol. The molecule has 0 spiro atoms.